The second-order valence-electron chi connectivity index (χ2n) is 3.01. The monoisotopic (exact) mass is 168 g/mol. The highest BCUT2D eigenvalue weighted by Gasteiger charge is 2.46. The Morgan fingerprint density at radius 1 is 1.45 bits per heavy atom. The maximum absolute atomic E-state index is 12.1. The molecule has 0 aromatic rings. The molecule has 0 bridgehead atoms. The zero-order valence-electron chi connectivity index (χ0n) is 6.44. The van der Waals surface area contributed by atoms with Crippen molar-refractivity contribution >= 4 is 0 Å². The minimum atomic E-state index is -4.12. The number of hydrogen-bond donors (Lipinski definition) is 1. The Hall–Kier alpha value is -0.290. The van der Waals surface area contributed by atoms with Crippen LogP contribution in [0.3, 0.4) is 0 Å². The molecule has 1 rings (SSSR count). The zero-order valence-corrected chi connectivity index (χ0v) is 6.44. The lowest BCUT2D eigenvalue weighted by Gasteiger charge is -2.18. The normalized spacial score (nSPS) is 34.6. The number of alkyl halides is 3. The van der Waals surface area contributed by atoms with Crippen LogP contribution in [-0.2, 0) is 0 Å². The van der Waals surface area contributed by atoms with Gasteiger partial charge in [-0.25, -0.2) is 10.4 Å². The third-order valence-corrected chi connectivity index (χ3v) is 1.84. The lowest BCUT2D eigenvalue weighted by atomic mass is 10.0. The van der Waals surface area contributed by atoms with E-state index in [0.717, 1.165) is 0 Å². The number of hydrogen-bond acceptors (Lipinski definition) is 2. The molecule has 66 valence electrons. The van der Waals surface area contributed by atoms with Crippen molar-refractivity contribution < 1.29 is 13.2 Å². The van der Waals surface area contributed by atoms with Gasteiger partial charge in [-0.1, -0.05) is 6.92 Å². The van der Waals surface area contributed by atoms with Crippen molar-refractivity contribution in [3.8, 4) is 0 Å². The lowest BCUT2D eigenvalue weighted by molar-refractivity contribution is -0.162. The van der Waals surface area contributed by atoms with E-state index in [1.807, 2.05) is 0 Å². The number of nitrogens with one attached hydrogen (secondary N) is 1. The molecule has 1 heterocycles. The van der Waals surface area contributed by atoms with Gasteiger partial charge in [0.1, 0.15) is 6.04 Å². The highest BCUT2D eigenvalue weighted by molar-refractivity contribution is 4.85. The Labute approximate surface area is 63.3 Å². The van der Waals surface area contributed by atoms with Crippen LogP contribution in [-0.4, -0.2) is 30.8 Å². The molecule has 0 amide bonds. The van der Waals surface area contributed by atoms with Gasteiger partial charge in [-0.2, -0.15) is 13.2 Å². The quantitative estimate of drug-likeness (QED) is 0.580. The molecule has 0 spiro atoms. The summed E-state index contributed by atoms with van der Waals surface area (Å²) in [6.07, 6.45) is -4.12. The van der Waals surface area contributed by atoms with Gasteiger partial charge in [0.05, 0.1) is 0 Å². The second-order valence-corrected chi connectivity index (χ2v) is 3.01. The fourth-order valence-corrected chi connectivity index (χ4v) is 1.35. The van der Waals surface area contributed by atoms with Gasteiger partial charge in [0.15, 0.2) is 0 Å². The van der Waals surface area contributed by atoms with Crippen molar-refractivity contribution in [3.63, 3.8) is 0 Å². The summed E-state index contributed by atoms with van der Waals surface area (Å²) in [7, 11) is 1.61. The van der Waals surface area contributed by atoms with E-state index in [2.05, 4.69) is 5.43 Å². The first-order valence-electron chi connectivity index (χ1n) is 3.45. The Bertz CT molecular complexity index is 145. The van der Waals surface area contributed by atoms with Crippen molar-refractivity contribution in [2.24, 2.45) is 5.92 Å². The van der Waals surface area contributed by atoms with Crippen LogP contribution < -0.4 is 5.43 Å². The van der Waals surface area contributed by atoms with Gasteiger partial charge in [0.25, 0.3) is 0 Å². The van der Waals surface area contributed by atoms with Gasteiger partial charge in [-0.15, -0.1) is 0 Å². The zero-order chi connectivity index (χ0) is 8.65. The van der Waals surface area contributed by atoms with Crippen molar-refractivity contribution in [3.05, 3.63) is 0 Å². The smallest absolute Gasteiger partial charge is 0.247 e. The number of nitrogens with zero attached hydrogens (tertiary/aromatic N) is 1. The van der Waals surface area contributed by atoms with E-state index < -0.39 is 12.2 Å². The van der Waals surface area contributed by atoms with Crippen molar-refractivity contribution in [1.29, 1.82) is 0 Å². The molecule has 0 saturated carbocycles. The molecule has 2 unspecified atom stereocenters. The molecule has 1 aliphatic rings. The first kappa shape index (κ1) is 8.80. The second kappa shape index (κ2) is 2.64. The van der Waals surface area contributed by atoms with Gasteiger partial charge in [-0.05, 0) is 5.92 Å². The van der Waals surface area contributed by atoms with E-state index in [4.69, 9.17) is 0 Å². The molecule has 1 fully saturated rings. The molecule has 0 aromatic heterocycles. The van der Waals surface area contributed by atoms with E-state index >= 15 is 0 Å². The maximum atomic E-state index is 12.1. The lowest BCUT2D eigenvalue weighted by Crippen LogP contribution is -2.43. The first-order chi connectivity index (χ1) is 4.91. The summed E-state index contributed by atoms with van der Waals surface area (Å²) >= 11 is 0. The molecular weight excluding hydrogens is 157 g/mol. The number of hydrazine groups is 1. The molecule has 1 aliphatic heterocycles. The predicted octanol–water partition coefficient (Wildman–Crippen LogP) is 1.00. The van der Waals surface area contributed by atoms with Crippen LogP contribution in [0.2, 0.25) is 0 Å². The SMILES string of the molecule is CC1CN(C)NC1C(F)(F)F. The van der Waals surface area contributed by atoms with Crippen LogP contribution in [0.15, 0.2) is 0 Å². The van der Waals surface area contributed by atoms with Crippen LogP contribution in [0, 0.1) is 5.92 Å². The highest BCUT2D eigenvalue weighted by atomic mass is 19.4. The first-order valence-corrected chi connectivity index (χ1v) is 3.45. The third kappa shape index (κ3) is 1.84. The van der Waals surface area contributed by atoms with E-state index in [0.29, 0.717) is 6.54 Å². The summed E-state index contributed by atoms with van der Waals surface area (Å²) in [5, 5.41) is 1.48. The third-order valence-electron chi connectivity index (χ3n) is 1.84. The van der Waals surface area contributed by atoms with Gasteiger partial charge >= 0.3 is 6.18 Å². The highest BCUT2D eigenvalue weighted by Crippen LogP contribution is 2.28. The molecule has 0 radical (unpaired) electrons. The maximum Gasteiger partial charge on any atom is 0.405 e. The minimum absolute atomic E-state index is 0.361. The fourth-order valence-electron chi connectivity index (χ4n) is 1.35. The van der Waals surface area contributed by atoms with Gasteiger partial charge in [-0.3, -0.25) is 0 Å². The topological polar surface area (TPSA) is 15.3 Å². The average molecular weight is 168 g/mol. The molecule has 0 aromatic carbocycles. The Morgan fingerprint density at radius 2 is 2.00 bits per heavy atom. The molecule has 2 nitrogen and oxygen atoms in total. The molecule has 1 N–H and O–H groups in total. The minimum Gasteiger partial charge on any atom is -0.247 e. The Morgan fingerprint density at radius 3 is 2.18 bits per heavy atom. The Kier molecular flexibility index (Phi) is 2.11. The van der Waals surface area contributed by atoms with Crippen LogP contribution in [0.4, 0.5) is 13.2 Å². The molecular formula is C6H11F3N2. The molecule has 0 aliphatic carbocycles. The number of rotatable bonds is 0. The van der Waals surface area contributed by atoms with Gasteiger partial charge < -0.3 is 0 Å². The van der Waals surface area contributed by atoms with Crippen LogP contribution in [0.25, 0.3) is 0 Å². The van der Waals surface area contributed by atoms with Crippen LogP contribution in [0.5, 0.6) is 0 Å². The average Bonchev–Trinajstić information content (AvgIpc) is 2.08. The van der Waals surface area contributed by atoms with E-state index in [1.54, 1.807) is 14.0 Å². The van der Waals surface area contributed by atoms with E-state index in [-0.39, 0.29) is 5.92 Å². The molecule has 2 atom stereocenters. The van der Waals surface area contributed by atoms with Gasteiger partial charge in [0.2, 0.25) is 0 Å². The van der Waals surface area contributed by atoms with Gasteiger partial charge in [0, 0.05) is 13.6 Å². The van der Waals surface area contributed by atoms with Crippen LogP contribution in [0.1, 0.15) is 6.92 Å². The molecule has 11 heavy (non-hydrogen) atoms. The van der Waals surface area contributed by atoms with Crippen molar-refractivity contribution in [2.75, 3.05) is 13.6 Å². The standard InChI is InChI=1S/C6H11F3N2/c1-4-3-11(2)10-5(4)6(7,8)9/h4-5,10H,3H2,1-2H3. The summed E-state index contributed by atoms with van der Waals surface area (Å²) in [5.41, 5.74) is 2.35. The largest absolute Gasteiger partial charge is 0.405 e. The summed E-state index contributed by atoms with van der Waals surface area (Å²) in [4.78, 5) is 0. The Balaban J connectivity index is 2.60. The molecule has 5 heteroatoms. The summed E-state index contributed by atoms with van der Waals surface area (Å²) in [6.45, 7) is 2.04. The van der Waals surface area contributed by atoms with E-state index in [9.17, 15) is 13.2 Å². The number of halogens is 3. The summed E-state index contributed by atoms with van der Waals surface area (Å²) in [5.74, 6) is -0.361. The molecule has 1 saturated heterocycles. The summed E-state index contributed by atoms with van der Waals surface area (Å²) < 4.78 is 36.3. The van der Waals surface area contributed by atoms with Crippen LogP contribution >= 0.6 is 0 Å². The summed E-state index contributed by atoms with van der Waals surface area (Å²) in [6, 6.07) is -1.37. The van der Waals surface area contributed by atoms with Crippen molar-refractivity contribution in [2.45, 2.75) is 19.1 Å². The predicted molar refractivity (Wildman–Crippen MR) is 34.8 cm³/mol. The van der Waals surface area contributed by atoms with Crippen molar-refractivity contribution in [1.82, 2.24) is 10.4 Å². The fraction of sp³-hybridized carbons (Fsp3) is 1.00. The van der Waals surface area contributed by atoms with E-state index in [1.165, 1.54) is 5.01 Å².